The number of halogens is 2. The summed E-state index contributed by atoms with van der Waals surface area (Å²) in [6.45, 7) is 0.305. The molecule has 0 saturated heterocycles. The van der Waals surface area contributed by atoms with Crippen LogP contribution in [-0.4, -0.2) is 22.6 Å². The molecule has 0 bridgehead atoms. The van der Waals surface area contributed by atoms with Crippen LogP contribution in [0.5, 0.6) is 0 Å². The van der Waals surface area contributed by atoms with E-state index >= 15 is 0 Å². The predicted molar refractivity (Wildman–Crippen MR) is 114 cm³/mol. The number of carbonyl (C=O) groups excluding carboxylic acids is 3. The zero-order valence-corrected chi connectivity index (χ0v) is 16.7. The highest BCUT2D eigenvalue weighted by Gasteiger charge is 2.29. The molecular weight excluding hydrogens is 421 g/mol. The summed E-state index contributed by atoms with van der Waals surface area (Å²) in [5.41, 5.74) is 1.93. The fraction of sp³-hybridized carbons (Fsp3) is 0.0435. The van der Waals surface area contributed by atoms with Gasteiger partial charge in [0, 0.05) is 30.1 Å². The number of carbonyl (C=O) groups is 3. The summed E-state index contributed by atoms with van der Waals surface area (Å²) < 4.78 is 13.4. The second-order valence-corrected chi connectivity index (χ2v) is 7.22. The van der Waals surface area contributed by atoms with Crippen LogP contribution >= 0.6 is 11.6 Å². The van der Waals surface area contributed by atoms with Crippen LogP contribution in [0.3, 0.4) is 0 Å². The third kappa shape index (κ3) is 4.36. The van der Waals surface area contributed by atoms with Gasteiger partial charge in [0.1, 0.15) is 5.82 Å². The molecular formula is C23H15ClFN3O3. The second-order valence-electron chi connectivity index (χ2n) is 6.81. The lowest BCUT2D eigenvalue weighted by Gasteiger charge is -2.19. The summed E-state index contributed by atoms with van der Waals surface area (Å²) in [7, 11) is 0. The smallest absolute Gasteiger partial charge is 0.259 e. The van der Waals surface area contributed by atoms with Crippen molar-refractivity contribution in [3.05, 3.63) is 99.6 Å². The maximum Gasteiger partial charge on any atom is 0.259 e. The summed E-state index contributed by atoms with van der Waals surface area (Å²) >= 11 is 5.78. The standard InChI is InChI=1S/C23H15ClFN3O3/c24-18-10-14(1-3-19(18)25)9-17-21(29)16-11-15(2-4-20(16)28-23(17)31)22(30)27-12-13-5-7-26-8-6-13/h1-11H,12H2,(H,27,30)(H,28,31)/b17-9-. The van der Waals surface area contributed by atoms with Crippen molar-refractivity contribution in [3.63, 3.8) is 0 Å². The minimum absolute atomic E-state index is 0.119. The number of fused-ring (bicyclic) bond motifs is 1. The molecule has 2 heterocycles. The highest BCUT2D eigenvalue weighted by atomic mass is 35.5. The third-order valence-electron chi connectivity index (χ3n) is 4.72. The topological polar surface area (TPSA) is 88.2 Å². The number of pyridine rings is 1. The van der Waals surface area contributed by atoms with Gasteiger partial charge >= 0.3 is 0 Å². The minimum Gasteiger partial charge on any atom is -0.348 e. The number of nitrogens with one attached hydrogen (secondary N) is 2. The zero-order chi connectivity index (χ0) is 22.0. The van der Waals surface area contributed by atoms with Crippen molar-refractivity contribution in [1.82, 2.24) is 10.3 Å². The monoisotopic (exact) mass is 435 g/mol. The molecule has 4 rings (SSSR count). The minimum atomic E-state index is -0.601. The largest absolute Gasteiger partial charge is 0.348 e. The van der Waals surface area contributed by atoms with Crippen LogP contribution in [0.4, 0.5) is 10.1 Å². The van der Waals surface area contributed by atoms with Gasteiger partial charge in [-0.3, -0.25) is 19.4 Å². The molecule has 154 valence electrons. The van der Waals surface area contributed by atoms with E-state index < -0.39 is 17.5 Å². The first-order valence-electron chi connectivity index (χ1n) is 9.26. The zero-order valence-electron chi connectivity index (χ0n) is 16.0. The average Bonchev–Trinajstić information content (AvgIpc) is 2.78. The first-order valence-corrected chi connectivity index (χ1v) is 9.64. The van der Waals surface area contributed by atoms with Crippen LogP contribution in [0.15, 0.2) is 66.5 Å². The molecule has 0 saturated carbocycles. The van der Waals surface area contributed by atoms with Crippen LogP contribution in [0.2, 0.25) is 5.02 Å². The molecule has 2 N–H and O–H groups in total. The van der Waals surface area contributed by atoms with Gasteiger partial charge in [0.2, 0.25) is 5.78 Å². The first kappa shape index (κ1) is 20.4. The molecule has 0 fully saturated rings. The number of aromatic nitrogens is 1. The number of ketones is 1. The number of nitrogens with zero attached hydrogens (tertiary/aromatic N) is 1. The van der Waals surface area contributed by atoms with Crippen LogP contribution in [-0.2, 0) is 11.3 Å². The Balaban J connectivity index is 1.59. The Morgan fingerprint density at radius 2 is 1.87 bits per heavy atom. The Morgan fingerprint density at radius 3 is 2.61 bits per heavy atom. The number of amides is 2. The van der Waals surface area contributed by atoms with E-state index in [2.05, 4.69) is 15.6 Å². The predicted octanol–water partition coefficient (Wildman–Crippen LogP) is 4.02. The van der Waals surface area contributed by atoms with Gasteiger partial charge in [-0.05, 0) is 59.7 Å². The third-order valence-corrected chi connectivity index (χ3v) is 5.01. The fourth-order valence-corrected chi connectivity index (χ4v) is 3.29. The normalized spacial score (nSPS) is 14.2. The lowest BCUT2D eigenvalue weighted by Crippen LogP contribution is -2.28. The van der Waals surface area contributed by atoms with Crippen molar-refractivity contribution in [3.8, 4) is 0 Å². The maximum atomic E-state index is 13.4. The van der Waals surface area contributed by atoms with E-state index in [1.165, 1.54) is 36.4 Å². The number of hydrogen-bond acceptors (Lipinski definition) is 4. The molecule has 2 aromatic carbocycles. The Hall–Kier alpha value is -3.84. The van der Waals surface area contributed by atoms with Gasteiger partial charge in [0.05, 0.1) is 16.3 Å². The molecule has 6 nitrogen and oxygen atoms in total. The van der Waals surface area contributed by atoms with E-state index in [0.717, 1.165) is 11.6 Å². The Morgan fingerprint density at radius 1 is 1.10 bits per heavy atom. The van der Waals surface area contributed by atoms with Crippen molar-refractivity contribution in [2.75, 3.05) is 5.32 Å². The van der Waals surface area contributed by atoms with Crippen LogP contribution < -0.4 is 10.6 Å². The lowest BCUT2D eigenvalue weighted by atomic mass is 9.93. The molecule has 0 atom stereocenters. The van der Waals surface area contributed by atoms with E-state index in [1.54, 1.807) is 24.5 Å². The fourth-order valence-electron chi connectivity index (χ4n) is 3.11. The molecule has 2 amide bonds. The van der Waals surface area contributed by atoms with Gasteiger partial charge in [-0.25, -0.2) is 4.39 Å². The summed E-state index contributed by atoms with van der Waals surface area (Å²) in [4.78, 5) is 41.8. The van der Waals surface area contributed by atoms with E-state index in [-0.39, 0.29) is 27.6 Å². The SMILES string of the molecule is O=C1Nc2ccc(C(=O)NCc3ccncc3)cc2C(=O)/C1=C/c1ccc(F)c(Cl)c1. The van der Waals surface area contributed by atoms with Gasteiger partial charge in [-0.2, -0.15) is 0 Å². The number of rotatable bonds is 4. The molecule has 0 unspecified atom stereocenters. The first-order chi connectivity index (χ1) is 14.9. The quantitative estimate of drug-likeness (QED) is 0.478. The number of anilines is 1. The Kier molecular flexibility index (Phi) is 5.60. The summed E-state index contributed by atoms with van der Waals surface area (Å²) in [5.74, 6) is -2.09. The molecule has 1 aliphatic heterocycles. The van der Waals surface area contributed by atoms with Crippen molar-refractivity contribution in [2.45, 2.75) is 6.54 Å². The number of hydrogen-bond donors (Lipinski definition) is 2. The Labute approximate surface area is 181 Å². The lowest BCUT2D eigenvalue weighted by molar-refractivity contribution is -0.112. The molecule has 3 aromatic rings. The van der Waals surface area contributed by atoms with E-state index in [1.807, 2.05) is 0 Å². The second kappa shape index (κ2) is 8.49. The van der Waals surface area contributed by atoms with E-state index in [9.17, 15) is 18.8 Å². The summed E-state index contributed by atoms with van der Waals surface area (Å²) in [6, 6.07) is 11.9. The highest BCUT2D eigenvalue weighted by Crippen LogP contribution is 2.28. The molecule has 31 heavy (non-hydrogen) atoms. The summed E-state index contributed by atoms with van der Waals surface area (Å²) in [6.07, 6.45) is 4.59. The molecule has 0 spiro atoms. The van der Waals surface area contributed by atoms with Crippen molar-refractivity contribution in [2.24, 2.45) is 0 Å². The summed E-state index contributed by atoms with van der Waals surface area (Å²) in [5, 5.41) is 5.30. The molecule has 1 aliphatic rings. The number of Topliss-reactive ketones (excluding diaryl/α,β-unsaturated/α-hetero) is 1. The van der Waals surface area contributed by atoms with Crippen molar-refractivity contribution < 1.29 is 18.8 Å². The van der Waals surface area contributed by atoms with Gasteiger partial charge in [-0.15, -0.1) is 0 Å². The van der Waals surface area contributed by atoms with E-state index in [0.29, 0.717) is 17.8 Å². The van der Waals surface area contributed by atoms with Crippen LogP contribution in [0, 0.1) is 5.82 Å². The average molecular weight is 436 g/mol. The Bertz CT molecular complexity index is 1240. The van der Waals surface area contributed by atoms with Crippen LogP contribution in [0.1, 0.15) is 31.8 Å². The molecule has 0 radical (unpaired) electrons. The molecule has 8 heteroatoms. The number of benzene rings is 2. The van der Waals surface area contributed by atoms with Gasteiger partial charge < -0.3 is 10.6 Å². The highest BCUT2D eigenvalue weighted by molar-refractivity contribution is 6.36. The van der Waals surface area contributed by atoms with Gasteiger partial charge in [0.25, 0.3) is 11.8 Å². The van der Waals surface area contributed by atoms with Crippen molar-refractivity contribution >= 4 is 41.0 Å². The van der Waals surface area contributed by atoms with Crippen molar-refractivity contribution in [1.29, 1.82) is 0 Å². The maximum absolute atomic E-state index is 13.4. The van der Waals surface area contributed by atoms with Gasteiger partial charge in [0.15, 0.2) is 0 Å². The molecule has 1 aromatic heterocycles. The van der Waals surface area contributed by atoms with Crippen LogP contribution in [0.25, 0.3) is 6.08 Å². The van der Waals surface area contributed by atoms with Gasteiger partial charge in [-0.1, -0.05) is 17.7 Å². The molecule has 0 aliphatic carbocycles. The van der Waals surface area contributed by atoms with E-state index in [4.69, 9.17) is 11.6 Å².